The van der Waals surface area contributed by atoms with Gasteiger partial charge < -0.3 is 4.98 Å². The van der Waals surface area contributed by atoms with Gasteiger partial charge in [0.1, 0.15) is 0 Å². The van der Waals surface area contributed by atoms with Crippen LogP contribution in [0.4, 0.5) is 0 Å². The van der Waals surface area contributed by atoms with Crippen LogP contribution in [0, 0.1) is 0 Å². The molecule has 0 spiro atoms. The van der Waals surface area contributed by atoms with Gasteiger partial charge >= 0.3 is 0 Å². The second-order valence-corrected chi connectivity index (χ2v) is 7.40. The summed E-state index contributed by atoms with van der Waals surface area (Å²) in [7, 11) is 0. The molecule has 1 aliphatic carbocycles. The first-order valence-electron chi connectivity index (χ1n) is 8.58. The number of H-pyrrole nitrogens is 1. The van der Waals surface area contributed by atoms with Gasteiger partial charge in [0.25, 0.3) is 5.56 Å². The zero-order valence-corrected chi connectivity index (χ0v) is 14.3. The fourth-order valence-electron chi connectivity index (χ4n) is 4.26. The van der Waals surface area contributed by atoms with Crippen LogP contribution in [0.2, 0.25) is 5.02 Å². The van der Waals surface area contributed by atoms with Crippen molar-refractivity contribution in [1.82, 2.24) is 14.5 Å². The van der Waals surface area contributed by atoms with Crippen molar-refractivity contribution in [3.05, 3.63) is 50.4 Å². The molecule has 122 valence electrons. The topological polar surface area (TPSA) is 50.7 Å². The molecule has 0 saturated heterocycles. The van der Waals surface area contributed by atoms with Crippen LogP contribution in [-0.4, -0.2) is 14.5 Å². The van der Waals surface area contributed by atoms with E-state index in [0.717, 1.165) is 70.8 Å². The molecule has 1 unspecified atom stereocenters. The molecule has 0 bridgehead atoms. The predicted octanol–water partition coefficient (Wildman–Crippen LogP) is 4.04. The van der Waals surface area contributed by atoms with Crippen LogP contribution in [0.15, 0.2) is 23.0 Å². The highest BCUT2D eigenvalue weighted by atomic mass is 35.5. The molecule has 2 aromatic heterocycles. The molecule has 24 heavy (non-hydrogen) atoms. The van der Waals surface area contributed by atoms with E-state index in [2.05, 4.69) is 11.9 Å². The number of benzene rings is 1. The number of nitrogens with one attached hydrogen (secondary N) is 1. The van der Waals surface area contributed by atoms with Gasteiger partial charge in [0.15, 0.2) is 5.82 Å². The van der Waals surface area contributed by atoms with Crippen LogP contribution in [0.25, 0.3) is 22.4 Å². The molecule has 4 nitrogen and oxygen atoms in total. The number of rotatable bonds is 0. The van der Waals surface area contributed by atoms with Crippen LogP contribution < -0.4 is 5.56 Å². The Hall–Kier alpha value is -2.07. The van der Waals surface area contributed by atoms with Gasteiger partial charge in [0.05, 0.1) is 11.4 Å². The van der Waals surface area contributed by atoms with Crippen LogP contribution in [0.5, 0.6) is 0 Å². The molecule has 0 fully saturated rings. The molecule has 1 N–H and O–H groups in total. The van der Waals surface area contributed by atoms with Crippen LogP contribution in [0.1, 0.15) is 42.6 Å². The Morgan fingerprint density at radius 1 is 1.25 bits per heavy atom. The lowest BCUT2D eigenvalue weighted by atomic mass is 9.94. The molecule has 1 atom stereocenters. The minimum absolute atomic E-state index is 0.109. The first kappa shape index (κ1) is 14.3. The molecule has 2 aliphatic rings. The Morgan fingerprint density at radius 3 is 2.96 bits per heavy atom. The molecule has 1 aromatic carbocycles. The number of hydrogen-bond donors (Lipinski definition) is 1. The Kier molecular flexibility index (Phi) is 2.95. The van der Waals surface area contributed by atoms with Gasteiger partial charge in [0.2, 0.25) is 0 Å². The van der Waals surface area contributed by atoms with Crippen LogP contribution in [-0.2, 0) is 19.3 Å². The second kappa shape index (κ2) is 4.96. The van der Waals surface area contributed by atoms with Gasteiger partial charge in [0, 0.05) is 27.5 Å². The maximum Gasteiger partial charge on any atom is 0.257 e. The van der Waals surface area contributed by atoms with Gasteiger partial charge in [-0.15, -0.1) is 0 Å². The zero-order chi connectivity index (χ0) is 16.4. The molecular formula is C19H18ClN3O. The largest absolute Gasteiger partial charge is 0.352 e. The number of nitrogens with zero attached hydrogens (tertiary/aromatic N) is 2. The van der Waals surface area contributed by atoms with E-state index >= 15 is 0 Å². The van der Waals surface area contributed by atoms with Crippen LogP contribution in [0.3, 0.4) is 0 Å². The maximum absolute atomic E-state index is 13.0. The minimum atomic E-state index is 0.109. The average molecular weight is 340 g/mol. The first-order valence-corrected chi connectivity index (χ1v) is 8.96. The molecule has 0 saturated carbocycles. The van der Waals surface area contributed by atoms with E-state index < -0.39 is 0 Å². The first-order chi connectivity index (χ1) is 11.6. The van der Waals surface area contributed by atoms with Crippen molar-refractivity contribution in [3.8, 4) is 11.5 Å². The molecule has 0 amide bonds. The summed E-state index contributed by atoms with van der Waals surface area (Å²) in [5.41, 5.74) is 5.34. The fraction of sp³-hybridized carbons (Fsp3) is 0.368. The van der Waals surface area contributed by atoms with E-state index in [1.807, 2.05) is 22.8 Å². The Balaban J connectivity index is 1.85. The van der Waals surface area contributed by atoms with E-state index in [0.29, 0.717) is 0 Å². The smallest absolute Gasteiger partial charge is 0.257 e. The summed E-state index contributed by atoms with van der Waals surface area (Å²) in [5.74, 6) is 0.793. The van der Waals surface area contributed by atoms with Gasteiger partial charge in [-0.2, -0.15) is 0 Å². The highest BCUT2D eigenvalue weighted by Crippen LogP contribution is 2.38. The van der Waals surface area contributed by atoms with Crippen molar-refractivity contribution in [3.63, 3.8) is 0 Å². The highest BCUT2D eigenvalue weighted by molar-refractivity contribution is 6.31. The van der Waals surface area contributed by atoms with Crippen molar-refractivity contribution >= 4 is 22.5 Å². The van der Waals surface area contributed by atoms with E-state index in [9.17, 15) is 4.79 Å². The molecule has 3 heterocycles. The summed E-state index contributed by atoms with van der Waals surface area (Å²) in [6, 6.07) is 6.01. The van der Waals surface area contributed by atoms with Crippen molar-refractivity contribution in [2.45, 2.75) is 45.1 Å². The summed E-state index contributed by atoms with van der Waals surface area (Å²) >= 11 is 6.19. The zero-order valence-electron chi connectivity index (χ0n) is 13.5. The third-order valence-corrected chi connectivity index (χ3v) is 5.65. The summed E-state index contributed by atoms with van der Waals surface area (Å²) in [6.45, 7) is 2.11. The normalized spacial score (nSPS) is 19.0. The van der Waals surface area contributed by atoms with Crippen molar-refractivity contribution in [2.24, 2.45) is 0 Å². The quantitative estimate of drug-likeness (QED) is 0.672. The predicted molar refractivity (Wildman–Crippen MR) is 95.9 cm³/mol. The van der Waals surface area contributed by atoms with Gasteiger partial charge in [-0.25, -0.2) is 4.98 Å². The molecule has 1 aliphatic heterocycles. The Bertz CT molecular complexity index is 1050. The average Bonchev–Trinajstić information content (AvgIpc) is 2.93. The van der Waals surface area contributed by atoms with E-state index in [1.165, 1.54) is 5.56 Å². The number of fused-ring (bicyclic) bond motifs is 6. The molecule has 5 heteroatoms. The van der Waals surface area contributed by atoms with E-state index in [1.54, 1.807) is 0 Å². The third kappa shape index (κ3) is 1.86. The summed E-state index contributed by atoms with van der Waals surface area (Å²) in [6.07, 6.45) is 4.81. The number of halogens is 1. The van der Waals surface area contributed by atoms with E-state index in [4.69, 9.17) is 16.6 Å². The number of aromatic nitrogens is 3. The van der Waals surface area contributed by atoms with Crippen molar-refractivity contribution in [2.75, 3.05) is 0 Å². The summed E-state index contributed by atoms with van der Waals surface area (Å²) in [5, 5.41) is 1.88. The standard InChI is InChI=1S/C19H18ClN3O/c1-10-8-14-13-9-11(20)6-7-16(13)21-17(14)18-22-15-5-3-2-4-12(15)19(24)23(10)18/h6-7,9-10,21H,2-5,8H2,1H3. The monoisotopic (exact) mass is 339 g/mol. The molecule has 3 aromatic rings. The number of aryl methyl sites for hydroxylation is 1. The molecular weight excluding hydrogens is 322 g/mol. The highest BCUT2D eigenvalue weighted by Gasteiger charge is 2.30. The Labute approximate surface area is 144 Å². The molecule has 0 radical (unpaired) electrons. The summed E-state index contributed by atoms with van der Waals surface area (Å²) < 4.78 is 1.89. The third-order valence-electron chi connectivity index (χ3n) is 5.42. The van der Waals surface area contributed by atoms with Crippen molar-refractivity contribution in [1.29, 1.82) is 0 Å². The van der Waals surface area contributed by atoms with Crippen molar-refractivity contribution < 1.29 is 0 Å². The summed E-state index contributed by atoms with van der Waals surface area (Å²) in [4.78, 5) is 21.4. The minimum Gasteiger partial charge on any atom is -0.352 e. The van der Waals surface area contributed by atoms with Gasteiger partial charge in [-0.1, -0.05) is 11.6 Å². The lowest BCUT2D eigenvalue weighted by molar-refractivity contribution is 0.499. The van der Waals surface area contributed by atoms with E-state index in [-0.39, 0.29) is 11.6 Å². The lowest BCUT2D eigenvalue weighted by Crippen LogP contribution is -2.34. The van der Waals surface area contributed by atoms with Crippen LogP contribution >= 0.6 is 11.6 Å². The van der Waals surface area contributed by atoms with Gasteiger partial charge in [-0.05, 0) is 62.8 Å². The lowest BCUT2D eigenvalue weighted by Gasteiger charge is -2.27. The van der Waals surface area contributed by atoms with Gasteiger partial charge in [-0.3, -0.25) is 9.36 Å². The second-order valence-electron chi connectivity index (χ2n) is 6.96. The molecule has 5 rings (SSSR count). The SMILES string of the molecule is CC1Cc2c([nH]c3ccc(Cl)cc23)-c2nc3c(c(=O)n21)CCCC3. The maximum atomic E-state index is 13.0. The number of aromatic amines is 1. The fourth-order valence-corrected chi connectivity index (χ4v) is 4.43. The Morgan fingerprint density at radius 2 is 2.08 bits per heavy atom. The number of hydrogen-bond acceptors (Lipinski definition) is 2.